The highest BCUT2D eigenvalue weighted by molar-refractivity contribution is 6.30. The van der Waals surface area contributed by atoms with Crippen LogP contribution in [0.2, 0.25) is 5.02 Å². The van der Waals surface area contributed by atoms with Crippen LogP contribution in [0.3, 0.4) is 0 Å². The van der Waals surface area contributed by atoms with E-state index in [1.54, 1.807) is 0 Å². The SMILES string of the molecule is CNCC(c1cccc(Cl)c1)N1CCCC1. The molecule has 1 unspecified atom stereocenters. The van der Waals surface area contributed by atoms with Crippen LogP contribution >= 0.6 is 11.6 Å². The average molecular weight is 239 g/mol. The number of rotatable bonds is 4. The Morgan fingerprint density at radius 1 is 1.38 bits per heavy atom. The van der Waals surface area contributed by atoms with Crippen LogP contribution in [0.4, 0.5) is 0 Å². The molecule has 1 atom stereocenters. The quantitative estimate of drug-likeness (QED) is 0.868. The first-order chi connectivity index (χ1) is 7.81. The van der Waals surface area contributed by atoms with Crippen LogP contribution in [-0.2, 0) is 0 Å². The maximum absolute atomic E-state index is 6.06. The van der Waals surface area contributed by atoms with Gasteiger partial charge in [-0.05, 0) is 50.7 Å². The van der Waals surface area contributed by atoms with E-state index >= 15 is 0 Å². The highest BCUT2D eigenvalue weighted by Crippen LogP contribution is 2.26. The first kappa shape index (κ1) is 11.9. The number of halogens is 1. The molecule has 0 bridgehead atoms. The van der Waals surface area contributed by atoms with Crippen molar-refractivity contribution in [2.75, 3.05) is 26.7 Å². The second-order valence-corrected chi connectivity index (χ2v) is 4.81. The lowest BCUT2D eigenvalue weighted by Crippen LogP contribution is -2.32. The van der Waals surface area contributed by atoms with E-state index in [0.717, 1.165) is 11.6 Å². The Morgan fingerprint density at radius 3 is 2.75 bits per heavy atom. The minimum absolute atomic E-state index is 0.464. The van der Waals surface area contributed by atoms with Crippen molar-refractivity contribution in [3.63, 3.8) is 0 Å². The number of hydrogen-bond donors (Lipinski definition) is 1. The molecule has 1 aromatic carbocycles. The van der Waals surface area contributed by atoms with Gasteiger partial charge in [0.1, 0.15) is 0 Å². The smallest absolute Gasteiger partial charge is 0.0473 e. The lowest BCUT2D eigenvalue weighted by atomic mass is 10.1. The van der Waals surface area contributed by atoms with Crippen LogP contribution in [0.15, 0.2) is 24.3 Å². The van der Waals surface area contributed by atoms with Crippen LogP contribution in [0.1, 0.15) is 24.4 Å². The summed E-state index contributed by atoms with van der Waals surface area (Å²) in [4.78, 5) is 2.54. The van der Waals surface area contributed by atoms with Crippen molar-refractivity contribution < 1.29 is 0 Å². The van der Waals surface area contributed by atoms with Gasteiger partial charge in [-0.15, -0.1) is 0 Å². The Morgan fingerprint density at radius 2 is 2.12 bits per heavy atom. The van der Waals surface area contributed by atoms with Crippen molar-refractivity contribution in [3.8, 4) is 0 Å². The zero-order valence-electron chi connectivity index (χ0n) is 9.75. The van der Waals surface area contributed by atoms with E-state index in [2.05, 4.69) is 22.3 Å². The largest absolute Gasteiger partial charge is 0.318 e. The second-order valence-electron chi connectivity index (χ2n) is 4.37. The molecule has 1 N–H and O–H groups in total. The molecule has 2 rings (SSSR count). The van der Waals surface area contributed by atoms with Crippen LogP contribution < -0.4 is 5.32 Å². The molecule has 0 aliphatic carbocycles. The normalized spacial score (nSPS) is 18.9. The van der Waals surface area contributed by atoms with Gasteiger partial charge in [0.05, 0.1) is 0 Å². The number of likely N-dealkylation sites (N-methyl/N-ethyl adjacent to an activating group) is 1. The predicted octanol–water partition coefficient (Wildman–Crippen LogP) is 2.70. The molecule has 0 spiro atoms. The molecule has 1 aromatic rings. The monoisotopic (exact) mass is 238 g/mol. The summed E-state index contributed by atoms with van der Waals surface area (Å²) in [5, 5.41) is 4.11. The number of likely N-dealkylation sites (tertiary alicyclic amines) is 1. The van der Waals surface area contributed by atoms with E-state index in [1.807, 2.05) is 19.2 Å². The molecule has 1 aliphatic rings. The van der Waals surface area contributed by atoms with Gasteiger partial charge >= 0.3 is 0 Å². The van der Waals surface area contributed by atoms with Gasteiger partial charge in [-0.3, -0.25) is 4.90 Å². The fraction of sp³-hybridized carbons (Fsp3) is 0.538. The summed E-state index contributed by atoms with van der Waals surface area (Å²) in [5.41, 5.74) is 1.32. The summed E-state index contributed by atoms with van der Waals surface area (Å²) in [5.74, 6) is 0. The topological polar surface area (TPSA) is 15.3 Å². The summed E-state index contributed by atoms with van der Waals surface area (Å²) in [6.07, 6.45) is 2.64. The van der Waals surface area contributed by atoms with Crippen LogP contribution in [0, 0.1) is 0 Å². The lowest BCUT2D eigenvalue weighted by Gasteiger charge is -2.27. The van der Waals surface area contributed by atoms with E-state index in [0.29, 0.717) is 6.04 Å². The van der Waals surface area contributed by atoms with E-state index in [-0.39, 0.29) is 0 Å². The van der Waals surface area contributed by atoms with E-state index in [4.69, 9.17) is 11.6 Å². The molecule has 0 radical (unpaired) electrons. The number of nitrogens with one attached hydrogen (secondary N) is 1. The molecule has 88 valence electrons. The van der Waals surface area contributed by atoms with Crippen molar-refractivity contribution >= 4 is 11.6 Å². The van der Waals surface area contributed by atoms with Crippen molar-refractivity contribution in [3.05, 3.63) is 34.9 Å². The third-order valence-corrected chi connectivity index (χ3v) is 3.45. The number of benzene rings is 1. The molecule has 1 saturated heterocycles. The van der Waals surface area contributed by atoms with E-state index in [1.165, 1.54) is 31.5 Å². The Hall–Kier alpha value is -0.570. The molecule has 0 saturated carbocycles. The highest BCUT2D eigenvalue weighted by atomic mass is 35.5. The van der Waals surface area contributed by atoms with Crippen molar-refractivity contribution in [1.82, 2.24) is 10.2 Å². The second kappa shape index (κ2) is 5.67. The first-order valence-corrected chi connectivity index (χ1v) is 6.33. The Labute approximate surface area is 103 Å². The predicted molar refractivity (Wildman–Crippen MR) is 68.9 cm³/mol. The van der Waals surface area contributed by atoms with Gasteiger partial charge in [-0.1, -0.05) is 23.7 Å². The van der Waals surface area contributed by atoms with Gasteiger partial charge in [0.2, 0.25) is 0 Å². The van der Waals surface area contributed by atoms with Crippen LogP contribution in [0.5, 0.6) is 0 Å². The molecule has 2 nitrogen and oxygen atoms in total. The van der Waals surface area contributed by atoms with Gasteiger partial charge < -0.3 is 5.32 Å². The number of hydrogen-bond acceptors (Lipinski definition) is 2. The summed E-state index contributed by atoms with van der Waals surface area (Å²) < 4.78 is 0. The standard InChI is InChI=1S/C13H19ClN2/c1-15-10-13(16-7-2-3-8-16)11-5-4-6-12(14)9-11/h4-6,9,13,15H,2-3,7-8,10H2,1H3. The zero-order chi connectivity index (χ0) is 11.4. The van der Waals surface area contributed by atoms with Gasteiger partial charge in [0.15, 0.2) is 0 Å². The molecule has 1 fully saturated rings. The van der Waals surface area contributed by atoms with Crippen molar-refractivity contribution in [2.45, 2.75) is 18.9 Å². The van der Waals surface area contributed by atoms with Crippen LogP contribution in [0.25, 0.3) is 0 Å². The van der Waals surface area contributed by atoms with Gasteiger partial charge in [-0.25, -0.2) is 0 Å². The number of nitrogens with zero attached hydrogens (tertiary/aromatic N) is 1. The Balaban J connectivity index is 2.17. The molecule has 0 aromatic heterocycles. The first-order valence-electron chi connectivity index (χ1n) is 5.95. The Kier molecular flexibility index (Phi) is 4.22. The van der Waals surface area contributed by atoms with Crippen molar-refractivity contribution in [2.24, 2.45) is 0 Å². The minimum atomic E-state index is 0.464. The van der Waals surface area contributed by atoms with Crippen molar-refractivity contribution in [1.29, 1.82) is 0 Å². The summed E-state index contributed by atoms with van der Waals surface area (Å²) in [7, 11) is 2.01. The Bertz CT molecular complexity index is 334. The van der Waals surface area contributed by atoms with E-state index < -0.39 is 0 Å². The zero-order valence-corrected chi connectivity index (χ0v) is 10.5. The van der Waals surface area contributed by atoms with Gasteiger partial charge in [0, 0.05) is 17.6 Å². The third kappa shape index (κ3) is 2.76. The fourth-order valence-corrected chi connectivity index (χ4v) is 2.62. The van der Waals surface area contributed by atoms with E-state index in [9.17, 15) is 0 Å². The van der Waals surface area contributed by atoms with Gasteiger partial charge in [-0.2, -0.15) is 0 Å². The molecular formula is C13H19ClN2. The average Bonchev–Trinajstić information content (AvgIpc) is 2.79. The molecule has 3 heteroatoms. The molecule has 1 heterocycles. The molecule has 16 heavy (non-hydrogen) atoms. The minimum Gasteiger partial charge on any atom is -0.318 e. The lowest BCUT2D eigenvalue weighted by molar-refractivity contribution is 0.242. The third-order valence-electron chi connectivity index (χ3n) is 3.21. The van der Waals surface area contributed by atoms with Crippen LogP contribution in [-0.4, -0.2) is 31.6 Å². The molecule has 0 amide bonds. The van der Waals surface area contributed by atoms with Gasteiger partial charge in [0.25, 0.3) is 0 Å². The summed E-state index contributed by atoms with van der Waals surface area (Å²) in [6.45, 7) is 3.40. The maximum Gasteiger partial charge on any atom is 0.0473 e. The fourth-order valence-electron chi connectivity index (χ4n) is 2.42. The molecular weight excluding hydrogens is 220 g/mol. The maximum atomic E-state index is 6.06. The highest BCUT2D eigenvalue weighted by Gasteiger charge is 2.22. The summed E-state index contributed by atoms with van der Waals surface area (Å²) in [6, 6.07) is 8.70. The summed E-state index contributed by atoms with van der Waals surface area (Å²) >= 11 is 6.06. The molecule has 1 aliphatic heterocycles.